The van der Waals surface area contributed by atoms with Gasteiger partial charge in [0.05, 0.1) is 19.3 Å². The Morgan fingerprint density at radius 3 is 2.25 bits per heavy atom. The molecule has 0 saturated carbocycles. The molecule has 1 aromatic rings. The Bertz CT molecular complexity index is 419. The summed E-state index contributed by atoms with van der Waals surface area (Å²) in [7, 11) is 0. The molecular formula is C14H19F3O3. The van der Waals surface area contributed by atoms with Crippen LogP contribution in [0.5, 0.6) is 11.5 Å². The van der Waals surface area contributed by atoms with Crippen LogP contribution in [-0.2, 0) is 0 Å². The second-order valence-corrected chi connectivity index (χ2v) is 4.24. The summed E-state index contributed by atoms with van der Waals surface area (Å²) in [5.41, 5.74) is 0.390. The Balaban J connectivity index is 2.82. The number of benzene rings is 1. The highest BCUT2D eigenvalue weighted by molar-refractivity contribution is 5.43. The van der Waals surface area contributed by atoms with Gasteiger partial charge in [0, 0.05) is 6.42 Å². The lowest BCUT2D eigenvalue weighted by molar-refractivity contribution is -0.140. The average Bonchev–Trinajstić information content (AvgIpc) is 2.37. The SMILES string of the molecule is CCOc1ccc(C(O)CCC(F)(F)F)cc1OCC. The van der Waals surface area contributed by atoms with Crippen LogP contribution in [0.3, 0.4) is 0 Å². The molecule has 0 aromatic heterocycles. The minimum atomic E-state index is -4.27. The molecule has 0 radical (unpaired) electrons. The molecule has 3 nitrogen and oxygen atoms in total. The minimum Gasteiger partial charge on any atom is -0.490 e. The standard InChI is InChI=1S/C14H19F3O3/c1-3-19-12-6-5-10(9-13(12)20-4-2)11(18)7-8-14(15,16)17/h5-6,9,11,18H,3-4,7-8H2,1-2H3. The van der Waals surface area contributed by atoms with Crippen LogP contribution in [0.1, 0.15) is 38.4 Å². The van der Waals surface area contributed by atoms with Crippen LogP contribution in [0.15, 0.2) is 18.2 Å². The highest BCUT2D eigenvalue weighted by Gasteiger charge is 2.28. The fraction of sp³-hybridized carbons (Fsp3) is 0.571. The van der Waals surface area contributed by atoms with Crippen molar-refractivity contribution in [3.63, 3.8) is 0 Å². The van der Waals surface area contributed by atoms with Crippen LogP contribution in [0.4, 0.5) is 13.2 Å². The van der Waals surface area contributed by atoms with Crippen molar-refractivity contribution in [2.45, 2.75) is 39.0 Å². The summed E-state index contributed by atoms with van der Waals surface area (Å²) in [4.78, 5) is 0. The Morgan fingerprint density at radius 2 is 1.70 bits per heavy atom. The second-order valence-electron chi connectivity index (χ2n) is 4.24. The first-order valence-corrected chi connectivity index (χ1v) is 6.51. The molecule has 0 amide bonds. The molecule has 0 aliphatic rings. The topological polar surface area (TPSA) is 38.7 Å². The fourth-order valence-electron chi connectivity index (χ4n) is 1.74. The third kappa shape index (κ3) is 5.28. The predicted octanol–water partition coefficient (Wildman–Crippen LogP) is 3.86. The van der Waals surface area contributed by atoms with Crippen LogP contribution in [0.25, 0.3) is 0 Å². The van der Waals surface area contributed by atoms with Gasteiger partial charge in [-0.1, -0.05) is 6.07 Å². The van der Waals surface area contributed by atoms with E-state index in [9.17, 15) is 18.3 Å². The zero-order chi connectivity index (χ0) is 15.2. The van der Waals surface area contributed by atoms with Crippen LogP contribution in [-0.4, -0.2) is 24.5 Å². The summed E-state index contributed by atoms with van der Waals surface area (Å²) < 4.78 is 47.1. The first-order chi connectivity index (χ1) is 9.37. The number of hydrogen-bond acceptors (Lipinski definition) is 3. The van der Waals surface area contributed by atoms with Crippen molar-refractivity contribution in [2.24, 2.45) is 0 Å². The first-order valence-electron chi connectivity index (χ1n) is 6.51. The third-order valence-electron chi connectivity index (χ3n) is 2.65. The molecule has 0 fully saturated rings. The van der Waals surface area contributed by atoms with E-state index in [0.717, 1.165) is 0 Å². The van der Waals surface area contributed by atoms with E-state index in [-0.39, 0.29) is 6.42 Å². The van der Waals surface area contributed by atoms with Gasteiger partial charge < -0.3 is 14.6 Å². The average molecular weight is 292 g/mol. The molecule has 114 valence electrons. The Hall–Kier alpha value is -1.43. The lowest BCUT2D eigenvalue weighted by Gasteiger charge is -2.16. The van der Waals surface area contributed by atoms with Crippen molar-refractivity contribution in [3.05, 3.63) is 23.8 Å². The lowest BCUT2D eigenvalue weighted by Crippen LogP contribution is -2.10. The zero-order valence-corrected chi connectivity index (χ0v) is 11.5. The molecule has 1 N–H and O–H groups in total. The van der Waals surface area contributed by atoms with Gasteiger partial charge in [0.25, 0.3) is 0 Å². The molecule has 1 rings (SSSR count). The maximum atomic E-state index is 12.1. The number of alkyl halides is 3. The number of halogens is 3. The van der Waals surface area contributed by atoms with Gasteiger partial charge in [-0.25, -0.2) is 0 Å². The van der Waals surface area contributed by atoms with Gasteiger partial charge in [-0.2, -0.15) is 13.2 Å². The van der Waals surface area contributed by atoms with E-state index in [1.807, 2.05) is 6.92 Å². The van der Waals surface area contributed by atoms with E-state index in [4.69, 9.17) is 9.47 Å². The second kappa shape index (κ2) is 7.38. The van der Waals surface area contributed by atoms with Gasteiger partial charge in [0.2, 0.25) is 0 Å². The van der Waals surface area contributed by atoms with Crippen LogP contribution in [0, 0.1) is 0 Å². The highest BCUT2D eigenvalue weighted by Crippen LogP contribution is 2.33. The minimum absolute atomic E-state index is 0.372. The van der Waals surface area contributed by atoms with Gasteiger partial charge in [-0.15, -0.1) is 0 Å². The van der Waals surface area contributed by atoms with E-state index in [1.54, 1.807) is 19.1 Å². The van der Waals surface area contributed by atoms with E-state index in [1.165, 1.54) is 6.07 Å². The molecule has 20 heavy (non-hydrogen) atoms. The number of rotatable bonds is 7. The van der Waals surface area contributed by atoms with Crippen LogP contribution >= 0.6 is 0 Å². The molecule has 0 bridgehead atoms. The number of aliphatic hydroxyl groups is 1. The van der Waals surface area contributed by atoms with Crippen molar-refractivity contribution in [3.8, 4) is 11.5 Å². The summed E-state index contributed by atoms with van der Waals surface area (Å²) in [6.07, 6.45) is -6.84. The van der Waals surface area contributed by atoms with Crippen molar-refractivity contribution < 1.29 is 27.8 Å². The highest BCUT2D eigenvalue weighted by atomic mass is 19.4. The number of aliphatic hydroxyl groups excluding tert-OH is 1. The maximum Gasteiger partial charge on any atom is 0.389 e. The molecular weight excluding hydrogens is 273 g/mol. The summed E-state index contributed by atoms with van der Waals surface area (Å²) in [5, 5.41) is 9.80. The molecule has 0 heterocycles. The van der Waals surface area contributed by atoms with Crippen molar-refractivity contribution in [2.75, 3.05) is 13.2 Å². The van der Waals surface area contributed by atoms with Crippen molar-refractivity contribution >= 4 is 0 Å². The van der Waals surface area contributed by atoms with Crippen molar-refractivity contribution in [1.29, 1.82) is 0 Å². The van der Waals surface area contributed by atoms with Gasteiger partial charge in [-0.3, -0.25) is 0 Å². The molecule has 1 atom stereocenters. The van der Waals surface area contributed by atoms with E-state index in [2.05, 4.69) is 0 Å². The van der Waals surface area contributed by atoms with Crippen LogP contribution < -0.4 is 9.47 Å². The molecule has 1 aromatic carbocycles. The normalized spacial score (nSPS) is 13.1. The monoisotopic (exact) mass is 292 g/mol. The molecule has 0 saturated heterocycles. The van der Waals surface area contributed by atoms with Gasteiger partial charge >= 0.3 is 6.18 Å². The third-order valence-corrected chi connectivity index (χ3v) is 2.65. The summed E-state index contributed by atoms with van der Waals surface area (Å²) in [6, 6.07) is 4.67. The smallest absolute Gasteiger partial charge is 0.389 e. The molecule has 0 aliphatic heterocycles. The maximum absolute atomic E-state index is 12.1. The Morgan fingerprint density at radius 1 is 1.10 bits per heavy atom. The number of hydrogen-bond donors (Lipinski definition) is 1. The number of ether oxygens (including phenoxy) is 2. The van der Waals surface area contributed by atoms with E-state index >= 15 is 0 Å². The quantitative estimate of drug-likeness (QED) is 0.829. The Labute approximate surface area is 116 Å². The first kappa shape index (κ1) is 16.6. The van der Waals surface area contributed by atoms with Gasteiger partial charge in [-0.05, 0) is 38.0 Å². The molecule has 6 heteroatoms. The largest absolute Gasteiger partial charge is 0.490 e. The predicted molar refractivity (Wildman–Crippen MR) is 69.0 cm³/mol. The molecule has 0 spiro atoms. The van der Waals surface area contributed by atoms with Crippen molar-refractivity contribution in [1.82, 2.24) is 0 Å². The van der Waals surface area contributed by atoms with Gasteiger partial charge in [0.15, 0.2) is 11.5 Å². The summed E-state index contributed by atoms with van der Waals surface area (Å²) in [5.74, 6) is 0.944. The molecule has 1 unspecified atom stereocenters. The summed E-state index contributed by atoms with van der Waals surface area (Å²) in [6.45, 7) is 4.47. The van der Waals surface area contributed by atoms with Gasteiger partial charge in [0.1, 0.15) is 0 Å². The van der Waals surface area contributed by atoms with Crippen LogP contribution in [0.2, 0.25) is 0 Å². The van der Waals surface area contributed by atoms with E-state index < -0.39 is 18.7 Å². The Kier molecular flexibility index (Phi) is 6.13. The van der Waals surface area contributed by atoms with E-state index in [0.29, 0.717) is 30.3 Å². The zero-order valence-electron chi connectivity index (χ0n) is 11.5. The fourth-order valence-corrected chi connectivity index (χ4v) is 1.74. The molecule has 0 aliphatic carbocycles. The summed E-state index contributed by atoms with van der Waals surface area (Å²) >= 11 is 0. The lowest BCUT2D eigenvalue weighted by atomic mass is 10.0.